The summed E-state index contributed by atoms with van der Waals surface area (Å²) in [7, 11) is 0. The number of aliphatic carboxylic acids is 1. The van der Waals surface area contributed by atoms with Gasteiger partial charge in [0.05, 0.1) is 13.2 Å². The maximum atomic E-state index is 11.8. The second-order valence-corrected chi connectivity index (χ2v) is 4.13. The number of rotatable bonds is 2. The number of ether oxygens (including phenoxy) is 1. The topological polar surface area (TPSA) is 105 Å². The Morgan fingerprint density at radius 1 is 1.65 bits per heavy atom. The van der Waals surface area contributed by atoms with Crippen LogP contribution in [0.5, 0.6) is 0 Å². The van der Waals surface area contributed by atoms with E-state index in [0.29, 0.717) is 11.7 Å². The fourth-order valence-corrected chi connectivity index (χ4v) is 1.88. The van der Waals surface area contributed by atoms with Gasteiger partial charge in [0, 0.05) is 6.54 Å². The number of morpholine rings is 1. The quantitative estimate of drug-likeness (QED) is 0.764. The Morgan fingerprint density at radius 2 is 2.47 bits per heavy atom. The van der Waals surface area contributed by atoms with Gasteiger partial charge in [-0.1, -0.05) is 11.3 Å². The normalized spacial score (nSPS) is 20.0. The minimum Gasteiger partial charge on any atom is -0.480 e. The Morgan fingerprint density at radius 3 is 3.12 bits per heavy atom. The fourth-order valence-electron chi connectivity index (χ4n) is 1.44. The SMILES string of the molecule is O=C(O)C1COCCN1C(=O)Nc1nncs1. The summed E-state index contributed by atoms with van der Waals surface area (Å²) >= 11 is 1.17. The number of carbonyl (C=O) groups is 2. The first-order valence-electron chi connectivity index (χ1n) is 4.83. The van der Waals surface area contributed by atoms with E-state index in [0.717, 1.165) is 0 Å². The summed E-state index contributed by atoms with van der Waals surface area (Å²) in [6.07, 6.45) is 0. The Hall–Kier alpha value is -1.74. The fraction of sp³-hybridized carbons (Fsp3) is 0.500. The molecule has 92 valence electrons. The molecule has 17 heavy (non-hydrogen) atoms. The highest BCUT2D eigenvalue weighted by Crippen LogP contribution is 2.13. The van der Waals surface area contributed by atoms with Crippen LogP contribution in [-0.4, -0.2) is 58.0 Å². The molecule has 2 N–H and O–H groups in total. The molecule has 1 atom stereocenters. The van der Waals surface area contributed by atoms with Crippen molar-refractivity contribution in [1.29, 1.82) is 0 Å². The smallest absolute Gasteiger partial charge is 0.328 e. The number of hydrogen-bond acceptors (Lipinski definition) is 6. The van der Waals surface area contributed by atoms with Crippen molar-refractivity contribution in [3.05, 3.63) is 5.51 Å². The first kappa shape index (κ1) is 11.7. The van der Waals surface area contributed by atoms with E-state index < -0.39 is 18.0 Å². The predicted molar refractivity (Wildman–Crippen MR) is 57.9 cm³/mol. The number of nitrogens with zero attached hydrogens (tertiary/aromatic N) is 3. The highest BCUT2D eigenvalue weighted by atomic mass is 32.1. The number of hydrogen-bond donors (Lipinski definition) is 2. The molecule has 1 fully saturated rings. The second kappa shape index (κ2) is 5.06. The maximum absolute atomic E-state index is 11.8. The van der Waals surface area contributed by atoms with E-state index >= 15 is 0 Å². The first-order chi connectivity index (χ1) is 8.18. The van der Waals surface area contributed by atoms with Gasteiger partial charge in [0.2, 0.25) is 5.13 Å². The molecule has 8 nitrogen and oxygen atoms in total. The largest absolute Gasteiger partial charge is 0.480 e. The molecule has 1 aromatic rings. The number of carboxylic acids is 1. The third-order valence-corrected chi connectivity index (χ3v) is 2.85. The summed E-state index contributed by atoms with van der Waals surface area (Å²) in [5.74, 6) is -1.09. The number of urea groups is 1. The van der Waals surface area contributed by atoms with Gasteiger partial charge in [-0.2, -0.15) is 0 Å². The zero-order chi connectivity index (χ0) is 12.3. The molecule has 2 amide bonds. The van der Waals surface area contributed by atoms with Gasteiger partial charge in [-0.15, -0.1) is 10.2 Å². The summed E-state index contributed by atoms with van der Waals surface area (Å²) in [4.78, 5) is 24.0. The van der Waals surface area contributed by atoms with Crippen molar-refractivity contribution in [2.24, 2.45) is 0 Å². The minimum atomic E-state index is -1.09. The van der Waals surface area contributed by atoms with E-state index in [1.165, 1.54) is 21.7 Å². The van der Waals surface area contributed by atoms with Gasteiger partial charge in [0.1, 0.15) is 5.51 Å². The van der Waals surface area contributed by atoms with Gasteiger partial charge in [-0.25, -0.2) is 9.59 Å². The molecule has 2 rings (SSSR count). The van der Waals surface area contributed by atoms with Gasteiger partial charge in [0.15, 0.2) is 6.04 Å². The van der Waals surface area contributed by atoms with Crippen molar-refractivity contribution in [3.63, 3.8) is 0 Å². The monoisotopic (exact) mass is 258 g/mol. The van der Waals surface area contributed by atoms with Crippen molar-refractivity contribution in [2.45, 2.75) is 6.04 Å². The van der Waals surface area contributed by atoms with Crippen LogP contribution < -0.4 is 5.32 Å². The molecule has 0 saturated carbocycles. The lowest BCUT2D eigenvalue weighted by Crippen LogP contribution is -2.53. The lowest BCUT2D eigenvalue weighted by atomic mass is 10.2. The van der Waals surface area contributed by atoms with Gasteiger partial charge in [0.25, 0.3) is 0 Å². The van der Waals surface area contributed by atoms with Crippen molar-refractivity contribution >= 4 is 28.5 Å². The molecule has 1 saturated heterocycles. The highest BCUT2D eigenvalue weighted by Gasteiger charge is 2.33. The molecule has 0 radical (unpaired) electrons. The molecule has 2 heterocycles. The summed E-state index contributed by atoms with van der Waals surface area (Å²) in [6, 6.07) is -1.46. The van der Waals surface area contributed by atoms with Crippen LogP contribution in [0.15, 0.2) is 5.51 Å². The summed E-state index contributed by atoms with van der Waals surface area (Å²) in [6.45, 7) is 0.563. The second-order valence-electron chi connectivity index (χ2n) is 3.30. The molecular formula is C8H10N4O4S. The molecule has 9 heteroatoms. The summed E-state index contributed by atoms with van der Waals surface area (Å²) < 4.78 is 5.03. The number of carboxylic acid groups (broad SMARTS) is 1. The zero-order valence-electron chi connectivity index (χ0n) is 8.70. The van der Waals surface area contributed by atoms with E-state index in [9.17, 15) is 9.59 Å². The Bertz CT molecular complexity index is 410. The van der Waals surface area contributed by atoms with Crippen molar-refractivity contribution in [3.8, 4) is 0 Å². The zero-order valence-corrected chi connectivity index (χ0v) is 9.51. The molecule has 1 aliphatic heterocycles. The Balaban J connectivity index is 2.03. The van der Waals surface area contributed by atoms with Crippen molar-refractivity contribution in [1.82, 2.24) is 15.1 Å². The summed E-state index contributed by atoms with van der Waals surface area (Å²) in [5, 5.41) is 19.0. The number of anilines is 1. The van der Waals surface area contributed by atoms with Gasteiger partial charge < -0.3 is 14.7 Å². The molecule has 0 bridgehead atoms. The number of amides is 2. The third-order valence-electron chi connectivity index (χ3n) is 2.25. The number of carbonyl (C=O) groups excluding carboxylic acids is 1. The Kier molecular flexibility index (Phi) is 3.49. The highest BCUT2D eigenvalue weighted by molar-refractivity contribution is 7.13. The minimum absolute atomic E-state index is 0.00112. The van der Waals surface area contributed by atoms with Crippen molar-refractivity contribution < 1.29 is 19.4 Å². The van der Waals surface area contributed by atoms with E-state index in [1.807, 2.05) is 0 Å². The molecule has 1 unspecified atom stereocenters. The van der Waals surface area contributed by atoms with E-state index in [2.05, 4.69) is 15.5 Å². The van der Waals surface area contributed by atoms with E-state index in [1.54, 1.807) is 0 Å². The van der Waals surface area contributed by atoms with Crippen LogP contribution in [0, 0.1) is 0 Å². The molecular weight excluding hydrogens is 248 g/mol. The number of nitrogens with one attached hydrogen (secondary N) is 1. The van der Waals surface area contributed by atoms with Crippen LogP contribution in [0.1, 0.15) is 0 Å². The van der Waals surface area contributed by atoms with E-state index in [4.69, 9.17) is 9.84 Å². The summed E-state index contributed by atoms with van der Waals surface area (Å²) in [5.41, 5.74) is 1.48. The molecule has 0 spiro atoms. The number of aromatic nitrogens is 2. The maximum Gasteiger partial charge on any atom is 0.328 e. The van der Waals surface area contributed by atoms with Gasteiger partial charge in [-0.05, 0) is 0 Å². The van der Waals surface area contributed by atoms with Crippen LogP contribution >= 0.6 is 11.3 Å². The average molecular weight is 258 g/mol. The van der Waals surface area contributed by atoms with Crippen molar-refractivity contribution in [2.75, 3.05) is 25.1 Å². The lowest BCUT2D eigenvalue weighted by Gasteiger charge is -2.32. The first-order valence-corrected chi connectivity index (χ1v) is 5.71. The van der Waals surface area contributed by atoms with Crippen LogP contribution in [0.2, 0.25) is 0 Å². The van der Waals surface area contributed by atoms with E-state index in [-0.39, 0.29) is 13.2 Å². The molecule has 1 aromatic heterocycles. The molecule has 0 aliphatic carbocycles. The van der Waals surface area contributed by atoms with Gasteiger partial charge >= 0.3 is 12.0 Å². The van der Waals surface area contributed by atoms with Crippen LogP contribution in [-0.2, 0) is 9.53 Å². The van der Waals surface area contributed by atoms with Gasteiger partial charge in [-0.3, -0.25) is 5.32 Å². The Labute approximate surface area is 100 Å². The van der Waals surface area contributed by atoms with Crippen LogP contribution in [0.3, 0.4) is 0 Å². The lowest BCUT2D eigenvalue weighted by molar-refractivity contribution is -0.147. The molecule has 1 aliphatic rings. The molecule has 0 aromatic carbocycles. The van der Waals surface area contributed by atoms with Crippen LogP contribution in [0.4, 0.5) is 9.93 Å². The van der Waals surface area contributed by atoms with Crippen LogP contribution in [0.25, 0.3) is 0 Å². The average Bonchev–Trinajstić information content (AvgIpc) is 2.81. The predicted octanol–water partition coefficient (Wildman–Crippen LogP) is -0.145. The standard InChI is InChI=1S/C8H10N4O4S/c13-6(14)5-3-16-2-1-12(5)8(15)10-7-11-9-4-17-7/h4-5H,1-3H2,(H,13,14)(H,10,11,15). The third kappa shape index (κ3) is 2.68.